The molecule has 3 aromatic heterocycles. The van der Waals surface area contributed by atoms with Crippen molar-refractivity contribution in [1.29, 1.82) is 0 Å². The number of aromatic amines is 1. The van der Waals surface area contributed by atoms with Crippen molar-refractivity contribution in [3.8, 4) is 0 Å². The first-order valence-electron chi connectivity index (χ1n) is 8.33. The molecule has 9 nitrogen and oxygen atoms in total. The second kappa shape index (κ2) is 7.32. The van der Waals surface area contributed by atoms with E-state index in [0.717, 1.165) is 18.5 Å². The lowest BCUT2D eigenvalue weighted by molar-refractivity contribution is 0.613. The summed E-state index contributed by atoms with van der Waals surface area (Å²) in [5.74, 6) is 1.53. The van der Waals surface area contributed by atoms with Crippen LogP contribution in [-0.2, 0) is 19.3 Å². The number of nitrogens with two attached hydrogens (primary N) is 1. The summed E-state index contributed by atoms with van der Waals surface area (Å²) >= 11 is 1.38. The Labute approximate surface area is 153 Å². The zero-order valence-electron chi connectivity index (χ0n) is 14.9. The Morgan fingerprint density at radius 3 is 2.73 bits per heavy atom. The van der Waals surface area contributed by atoms with Gasteiger partial charge in [-0.3, -0.25) is 14.3 Å². The van der Waals surface area contributed by atoms with E-state index >= 15 is 0 Å². The number of fused-ring (bicyclic) bond motifs is 1. The van der Waals surface area contributed by atoms with E-state index in [9.17, 15) is 9.59 Å². The van der Waals surface area contributed by atoms with Crippen LogP contribution in [0.4, 0.5) is 5.82 Å². The summed E-state index contributed by atoms with van der Waals surface area (Å²) in [4.78, 5) is 39.8. The van der Waals surface area contributed by atoms with Crippen molar-refractivity contribution < 1.29 is 0 Å². The highest BCUT2D eigenvalue weighted by molar-refractivity contribution is 7.98. The van der Waals surface area contributed by atoms with Gasteiger partial charge in [0.1, 0.15) is 11.6 Å². The topological polar surface area (TPSA) is 124 Å². The van der Waals surface area contributed by atoms with Gasteiger partial charge >= 0.3 is 5.69 Å². The van der Waals surface area contributed by atoms with Crippen LogP contribution in [0.5, 0.6) is 0 Å². The largest absolute Gasteiger partial charge is 0.384 e. The van der Waals surface area contributed by atoms with Crippen LogP contribution in [0.2, 0.25) is 0 Å². The minimum absolute atomic E-state index is 0.390. The Hall–Kier alpha value is -2.62. The van der Waals surface area contributed by atoms with Gasteiger partial charge in [-0.1, -0.05) is 25.1 Å². The molecular formula is C16H21N7O2S. The number of aromatic nitrogens is 6. The van der Waals surface area contributed by atoms with Crippen molar-refractivity contribution in [3.05, 3.63) is 38.4 Å². The molecule has 26 heavy (non-hydrogen) atoms. The number of aryl methyl sites for hydroxylation is 3. The van der Waals surface area contributed by atoms with E-state index in [-0.39, 0.29) is 0 Å². The molecule has 3 rings (SSSR count). The van der Waals surface area contributed by atoms with Gasteiger partial charge in [-0.15, -0.1) is 0 Å². The molecule has 0 atom stereocenters. The number of hydrogen-bond donors (Lipinski definition) is 2. The summed E-state index contributed by atoms with van der Waals surface area (Å²) in [6.45, 7) is 4.41. The van der Waals surface area contributed by atoms with Gasteiger partial charge in [0.2, 0.25) is 0 Å². The number of hydrogen-bond acceptors (Lipinski definition) is 7. The molecule has 3 heterocycles. The summed E-state index contributed by atoms with van der Waals surface area (Å²) < 4.78 is 3.23. The number of H-pyrrole nitrogens is 1. The molecule has 0 aliphatic rings. The van der Waals surface area contributed by atoms with Gasteiger partial charge in [0, 0.05) is 25.4 Å². The SMILES string of the molecule is CCCCn1c(=O)[nH]c(=O)c2c1nc(CSc1nc(C)cc(N)n1)n2C. The predicted molar refractivity (Wildman–Crippen MR) is 101 cm³/mol. The summed E-state index contributed by atoms with van der Waals surface area (Å²) in [6.07, 6.45) is 1.77. The van der Waals surface area contributed by atoms with Gasteiger partial charge in [-0.25, -0.2) is 19.7 Å². The molecule has 0 aromatic carbocycles. The Morgan fingerprint density at radius 1 is 1.27 bits per heavy atom. The molecule has 3 aromatic rings. The minimum Gasteiger partial charge on any atom is -0.384 e. The molecule has 0 aliphatic heterocycles. The lowest BCUT2D eigenvalue weighted by atomic mass is 10.3. The zero-order valence-corrected chi connectivity index (χ0v) is 15.8. The van der Waals surface area contributed by atoms with Crippen molar-refractivity contribution in [1.82, 2.24) is 29.1 Å². The lowest BCUT2D eigenvalue weighted by Crippen LogP contribution is -2.31. The van der Waals surface area contributed by atoms with Gasteiger partial charge in [-0.2, -0.15) is 0 Å². The van der Waals surface area contributed by atoms with E-state index in [0.29, 0.717) is 40.3 Å². The van der Waals surface area contributed by atoms with Crippen LogP contribution >= 0.6 is 11.8 Å². The first kappa shape index (κ1) is 18.2. The maximum absolute atomic E-state index is 12.2. The second-order valence-electron chi connectivity index (χ2n) is 6.03. The average molecular weight is 375 g/mol. The standard InChI is InChI=1S/C16H21N7O2S/c1-4-5-6-23-13-12(14(24)21-16(23)25)22(3)11(20-13)8-26-15-18-9(2)7-10(17)19-15/h7H,4-6,8H2,1-3H3,(H2,17,18,19)(H,21,24,25). The fourth-order valence-electron chi connectivity index (χ4n) is 2.70. The van der Waals surface area contributed by atoms with E-state index in [1.807, 2.05) is 13.8 Å². The van der Waals surface area contributed by atoms with Crippen LogP contribution < -0.4 is 17.0 Å². The number of thioether (sulfide) groups is 1. The number of imidazole rings is 1. The number of anilines is 1. The third-order valence-corrected chi connectivity index (χ3v) is 4.87. The van der Waals surface area contributed by atoms with Crippen LogP contribution in [0.1, 0.15) is 31.3 Å². The van der Waals surface area contributed by atoms with Gasteiger partial charge in [-0.05, 0) is 13.3 Å². The van der Waals surface area contributed by atoms with Crippen LogP contribution in [-0.4, -0.2) is 29.1 Å². The van der Waals surface area contributed by atoms with Crippen molar-refractivity contribution in [2.24, 2.45) is 7.05 Å². The molecule has 0 saturated carbocycles. The third kappa shape index (κ3) is 3.50. The van der Waals surface area contributed by atoms with Gasteiger partial charge in [0.25, 0.3) is 5.56 Å². The number of rotatable bonds is 6. The van der Waals surface area contributed by atoms with Crippen molar-refractivity contribution in [2.45, 2.75) is 44.1 Å². The summed E-state index contributed by atoms with van der Waals surface area (Å²) in [5.41, 5.74) is 6.48. The van der Waals surface area contributed by atoms with Crippen LogP contribution in [0.25, 0.3) is 11.2 Å². The van der Waals surface area contributed by atoms with Crippen LogP contribution in [0, 0.1) is 6.92 Å². The Bertz CT molecular complexity index is 1050. The minimum atomic E-state index is -0.431. The fourth-order valence-corrected chi connectivity index (χ4v) is 3.60. The number of unbranched alkanes of at least 4 members (excludes halogenated alkanes) is 1. The zero-order chi connectivity index (χ0) is 18.8. The smallest absolute Gasteiger partial charge is 0.330 e. The van der Waals surface area contributed by atoms with Crippen molar-refractivity contribution in [2.75, 3.05) is 5.73 Å². The molecule has 0 bridgehead atoms. The molecular weight excluding hydrogens is 354 g/mol. The van der Waals surface area contributed by atoms with E-state index < -0.39 is 11.2 Å². The normalized spacial score (nSPS) is 11.3. The summed E-state index contributed by atoms with van der Waals surface area (Å²) in [6, 6.07) is 1.70. The van der Waals surface area contributed by atoms with Gasteiger partial charge < -0.3 is 10.3 Å². The molecule has 0 spiro atoms. The molecule has 0 unspecified atom stereocenters. The predicted octanol–water partition coefficient (Wildman–Crippen LogP) is 1.20. The highest BCUT2D eigenvalue weighted by Gasteiger charge is 2.16. The molecule has 0 amide bonds. The number of nitrogens with one attached hydrogen (secondary N) is 1. The average Bonchev–Trinajstić information content (AvgIpc) is 2.89. The van der Waals surface area contributed by atoms with Crippen LogP contribution in [0.3, 0.4) is 0 Å². The van der Waals surface area contributed by atoms with E-state index in [2.05, 4.69) is 19.9 Å². The van der Waals surface area contributed by atoms with E-state index in [4.69, 9.17) is 5.73 Å². The fraction of sp³-hybridized carbons (Fsp3) is 0.438. The Morgan fingerprint density at radius 2 is 2.04 bits per heavy atom. The van der Waals surface area contributed by atoms with Crippen molar-refractivity contribution in [3.63, 3.8) is 0 Å². The highest BCUT2D eigenvalue weighted by Crippen LogP contribution is 2.21. The van der Waals surface area contributed by atoms with Crippen molar-refractivity contribution >= 4 is 28.7 Å². The van der Waals surface area contributed by atoms with Gasteiger partial charge in [0.15, 0.2) is 16.3 Å². The highest BCUT2D eigenvalue weighted by atomic mass is 32.2. The second-order valence-corrected chi connectivity index (χ2v) is 6.97. The first-order chi connectivity index (χ1) is 12.4. The first-order valence-corrected chi connectivity index (χ1v) is 9.31. The summed E-state index contributed by atoms with van der Waals surface area (Å²) in [7, 11) is 1.76. The molecule has 0 aliphatic carbocycles. The lowest BCUT2D eigenvalue weighted by Gasteiger charge is -2.04. The maximum atomic E-state index is 12.2. The third-order valence-electron chi connectivity index (χ3n) is 4.02. The number of nitrogen functional groups attached to an aromatic ring is 1. The Balaban J connectivity index is 1.99. The van der Waals surface area contributed by atoms with Gasteiger partial charge in [0.05, 0.1) is 5.75 Å². The monoisotopic (exact) mass is 375 g/mol. The molecule has 0 fully saturated rings. The quantitative estimate of drug-likeness (QED) is 0.490. The number of nitrogens with zero attached hydrogens (tertiary/aromatic N) is 5. The summed E-state index contributed by atoms with van der Waals surface area (Å²) in [5, 5.41) is 0.548. The molecule has 0 radical (unpaired) electrons. The molecule has 138 valence electrons. The molecule has 3 N–H and O–H groups in total. The van der Waals surface area contributed by atoms with Crippen LogP contribution in [0.15, 0.2) is 20.8 Å². The van der Waals surface area contributed by atoms with E-state index in [1.165, 1.54) is 16.3 Å². The molecule has 10 heteroatoms. The maximum Gasteiger partial charge on any atom is 0.330 e. The molecule has 0 saturated heterocycles. The van der Waals surface area contributed by atoms with E-state index in [1.54, 1.807) is 17.7 Å². The Kier molecular flexibility index (Phi) is 5.12.